The number of anilines is 1. The fourth-order valence-corrected chi connectivity index (χ4v) is 4.32. The number of piperidine rings is 1. The third-order valence-corrected chi connectivity index (χ3v) is 6.05. The Morgan fingerprint density at radius 3 is 2.64 bits per heavy atom. The molecule has 6 heteroatoms. The fraction of sp³-hybridized carbons (Fsp3) is 0.727. The van der Waals surface area contributed by atoms with Crippen LogP contribution in [0.3, 0.4) is 0 Å². The first-order valence-electron chi connectivity index (χ1n) is 11.1. The summed E-state index contributed by atoms with van der Waals surface area (Å²) in [6.07, 6.45) is 7.71. The summed E-state index contributed by atoms with van der Waals surface area (Å²) >= 11 is 0. The molecule has 2 heterocycles. The molecule has 28 heavy (non-hydrogen) atoms. The molecule has 0 atom stereocenters. The van der Waals surface area contributed by atoms with Crippen molar-refractivity contribution >= 4 is 11.8 Å². The summed E-state index contributed by atoms with van der Waals surface area (Å²) in [7, 11) is 2.25. The molecular weight excluding hydrogens is 348 g/mol. The molecule has 6 nitrogen and oxygen atoms in total. The highest BCUT2D eigenvalue weighted by Gasteiger charge is 2.21. The van der Waals surface area contributed by atoms with Crippen molar-refractivity contribution < 1.29 is 0 Å². The van der Waals surface area contributed by atoms with Crippen molar-refractivity contribution in [2.75, 3.05) is 44.7 Å². The normalized spacial score (nSPS) is 19.4. The molecule has 0 spiro atoms. The van der Waals surface area contributed by atoms with Gasteiger partial charge in [-0.25, -0.2) is 4.98 Å². The standard InChI is InChI=1S/C22H38N6/c1-4-23-22(24-14-17-27(3)20-9-5-6-10-20)26-19-12-15-28(16-13-19)21-11-7-8-18(2)25-21/h7-8,11,19-20H,4-6,9-10,12-17H2,1-3H3,(H2,23,24,26). The number of hydrogen-bond donors (Lipinski definition) is 2. The Bertz CT molecular complexity index is 617. The molecule has 2 fully saturated rings. The molecule has 1 saturated carbocycles. The van der Waals surface area contributed by atoms with E-state index in [0.717, 1.165) is 69.1 Å². The molecule has 1 aliphatic carbocycles. The average Bonchev–Trinajstić information content (AvgIpc) is 3.23. The van der Waals surface area contributed by atoms with Crippen molar-refractivity contribution in [2.45, 2.75) is 64.5 Å². The number of pyridine rings is 1. The second kappa shape index (κ2) is 10.6. The van der Waals surface area contributed by atoms with Crippen LogP contribution < -0.4 is 15.5 Å². The fourth-order valence-electron chi connectivity index (χ4n) is 4.32. The number of rotatable bonds is 7. The maximum Gasteiger partial charge on any atom is 0.191 e. The molecule has 2 aliphatic rings. The minimum atomic E-state index is 0.478. The van der Waals surface area contributed by atoms with E-state index in [1.807, 2.05) is 0 Å². The van der Waals surface area contributed by atoms with Crippen LogP contribution in [-0.4, -0.2) is 67.7 Å². The van der Waals surface area contributed by atoms with Gasteiger partial charge in [0.25, 0.3) is 0 Å². The molecule has 1 aromatic heterocycles. The van der Waals surface area contributed by atoms with Crippen LogP contribution in [0.15, 0.2) is 23.2 Å². The molecule has 1 aromatic rings. The largest absolute Gasteiger partial charge is 0.357 e. The molecule has 2 N–H and O–H groups in total. The smallest absolute Gasteiger partial charge is 0.191 e. The highest BCUT2D eigenvalue weighted by Crippen LogP contribution is 2.22. The highest BCUT2D eigenvalue weighted by atomic mass is 15.2. The van der Waals surface area contributed by atoms with E-state index >= 15 is 0 Å². The number of nitrogens with one attached hydrogen (secondary N) is 2. The van der Waals surface area contributed by atoms with Crippen LogP contribution in [0.5, 0.6) is 0 Å². The van der Waals surface area contributed by atoms with Crippen LogP contribution >= 0.6 is 0 Å². The first kappa shape index (κ1) is 20.9. The van der Waals surface area contributed by atoms with E-state index in [9.17, 15) is 0 Å². The number of aryl methyl sites for hydroxylation is 1. The van der Waals surface area contributed by atoms with E-state index in [2.05, 4.69) is 64.5 Å². The maximum absolute atomic E-state index is 4.83. The van der Waals surface area contributed by atoms with E-state index in [4.69, 9.17) is 4.99 Å². The quantitative estimate of drug-likeness (QED) is 0.557. The van der Waals surface area contributed by atoms with Gasteiger partial charge in [-0.3, -0.25) is 4.99 Å². The van der Waals surface area contributed by atoms with Gasteiger partial charge in [0.15, 0.2) is 5.96 Å². The first-order valence-corrected chi connectivity index (χ1v) is 11.1. The Labute approximate surface area is 170 Å². The average molecular weight is 387 g/mol. The number of nitrogens with zero attached hydrogens (tertiary/aromatic N) is 4. The summed E-state index contributed by atoms with van der Waals surface area (Å²) in [4.78, 5) is 14.4. The van der Waals surface area contributed by atoms with Crippen molar-refractivity contribution in [3.63, 3.8) is 0 Å². The Kier molecular flexibility index (Phi) is 7.95. The van der Waals surface area contributed by atoms with Crippen molar-refractivity contribution in [1.82, 2.24) is 20.5 Å². The zero-order chi connectivity index (χ0) is 19.8. The predicted octanol–water partition coefficient (Wildman–Crippen LogP) is 2.79. The Morgan fingerprint density at radius 1 is 1.21 bits per heavy atom. The van der Waals surface area contributed by atoms with E-state index in [0.29, 0.717) is 6.04 Å². The molecule has 0 aromatic carbocycles. The van der Waals surface area contributed by atoms with E-state index < -0.39 is 0 Å². The van der Waals surface area contributed by atoms with Gasteiger partial charge in [-0.1, -0.05) is 18.9 Å². The Balaban J connectivity index is 1.45. The molecule has 0 radical (unpaired) electrons. The summed E-state index contributed by atoms with van der Waals surface area (Å²) in [6.45, 7) is 9.06. The van der Waals surface area contributed by atoms with Crippen LogP contribution in [0, 0.1) is 6.92 Å². The summed E-state index contributed by atoms with van der Waals surface area (Å²) in [6, 6.07) is 7.52. The third kappa shape index (κ3) is 6.09. The van der Waals surface area contributed by atoms with Gasteiger partial charge in [0.1, 0.15) is 5.82 Å². The lowest BCUT2D eigenvalue weighted by Gasteiger charge is -2.34. The topological polar surface area (TPSA) is 55.8 Å². The number of aromatic nitrogens is 1. The van der Waals surface area contributed by atoms with Gasteiger partial charge in [0, 0.05) is 44.0 Å². The summed E-state index contributed by atoms with van der Waals surface area (Å²) in [5, 5.41) is 7.07. The van der Waals surface area contributed by atoms with Crippen molar-refractivity contribution in [2.24, 2.45) is 4.99 Å². The van der Waals surface area contributed by atoms with Crippen LogP contribution in [0.4, 0.5) is 5.82 Å². The lowest BCUT2D eigenvalue weighted by molar-refractivity contribution is 0.252. The molecule has 0 unspecified atom stereocenters. The molecule has 156 valence electrons. The van der Waals surface area contributed by atoms with Gasteiger partial charge in [-0.15, -0.1) is 0 Å². The second-order valence-electron chi connectivity index (χ2n) is 8.22. The zero-order valence-corrected chi connectivity index (χ0v) is 18.0. The molecular formula is C22H38N6. The number of aliphatic imine (C=N–C) groups is 1. The second-order valence-corrected chi connectivity index (χ2v) is 8.22. The molecule has 3 rings (SSSR count). The minimum Gasteiger partial charge on any atom is -0.357 e. The van der Waals surface area contributed by atoms with Crippen molar-refractivity contribution in [3.05, 3.63) is 23.9 Å². The summed E-state index contributed by atoms with van der Waals surface area (Å²) in [5.74, 6) is 2.07. The lowest BCUT2D eigenvalue weighted by Crippen LogP contribution is -2.49. The predicted molar refractivity (Wildman–Crippen MR) is 118 cm³/mol. The highest BCUT2D eigenvalue weighted by molar-refractivity contribution is 5.80. The Morgan fingerprint density at radius 2 is 1.96 bits per heavy atom. The van der Waals surface area contributed by atoms with Crippen LogP contribution in [0.1, 0.15) is 51.1 Å². The van der Waals surface area contributed by atoms with Gasteiger partial charge in [-0.2, -0.15) is 0 Å². The number of guanidine groups is 1. The lowest BCUT2D eigenvalue weighted by atomic mass is 10.1. The first-order chi connectivity index (χ1) is 13.7. The third-order valence-electron chi connectivity index (χ3n) is 6.05. The molecule has 0 bridgehead atoms. The summed E-state index contributed by atoms with van der Waals surface area (Å²) in [5.41, 5.74) is 1.09. The number of likely N-dealkylation sites (N-methyl/N-ethyl adjacent to an activating group) is 1. The molecule has 1 saturated heterocycles. The van der Waals surface area contributed by atoms with Gasteiger partial charge in [0.05, 0.1) is 6.54 Å². The van der Waals surface area contributed by atoms with Gasteiger partial charge in [-0.05, 0) is 58.7 Å². The van der Waals surface area contributed by atoms with Crippen molar-refractivity contribution in [1.29, 1.82) is 0 Å². The SMILES string of the molecule is CCNC(=NCCN(C)C1CCCC1)NC1CCN(c2cccc(C)n2)CC1. The van der Waals surface area contributed by atoms with Crippen molar-refractivity contribution in [3.8, 4) is 0 Å². The molecule has 0 amide bonds. The van der Waals surface area contributed by atoms with Gasteiger partial charge >= 0.3 is 0 Å². The van der Waals surface area contributed by atoms with E-state index in [1.165, 1.54) is 25.7 Å². The number of hydrogen-bond acceptors (Lipinski definition) is 4. The maximum atomic E-state index is 4.83. The zero-order valence-electron chi connectivity index (χ0n) is 18.0. The summed E-state index contributed by atoms with van der Waals surface area (Å²) < 4.78 is 0. The van der Waals surface area contributed by atoms with Crippen LogP contribution in [0.2, 0.25) is 0 Å². The molecule has 1 aliphatic heterocycles. The minimum absolute atomic E-state index is 0.478. The Hall–Kier alpha value is -1.82. The van der Waals surface area contributed by atoms with Crippen LogP contribution in [0.25, 0.3) is 0 Å². The van der Waals surface area contributed by atoms with E-state index in [1.54, 1.807) is 0 Å². The van der Waals surface area contributed by atoms with Gasteiger partial charge < -0.3 is 20.4 Å². The van der Waals surface area contributed by atoms with Gasteiger partial charge in [0.2, 0.25) is 0 Å². The van der Waals surface area contributed by atoms with Crippen LogP contribution in [-0.2, 0) is 0 Å². The van der Waals surface area contributed by atoms with E-state index in [-0.39, 0.29) is 0 Å². The monoisotopic (exact) mass is 386 g/mol.